The van der Waals surface area contributed by atoms with Crippen LogP contribution in [0.1, 0.15) is 19.4 Å². The number of aryl methyl sites for hydroxylation is 1. The summed E-state index contributed by atoms with van der Waals surface area (Å²) in [5.74, 6) is 0. The van der Waals surface area contributed by atoms with Crippen molar-refractivity contribution in [2.75, 3.05) is 18.4 Å². The van der Waals surface area contributed by atoms with Crippen LogP contribution < -0.4 is 10.6 Å². The molecule has 1 aromatic carbocycles. The SMILES string of the molecule is Cc1ccc(NCCNC(C)C)cc1Br. The van der Waals surface area contributed by atoms with Crippen LogP contribution in [0, 0.1) is 6.92 Å². The maximum absolute atomic E-state index is 3.52. The summed E-state index contributed by atoms with van der Waals surface area (Å²) < 4.78 is 1.16. The van der Waals surface area contributed by atoms with E-state index in [0.29, 0.717) is 6.04 Å². The molecule has 1 aromatic rings. The number of hydrogen-bond acceptors (Lipinski definition) is 2. The van der Waals surface area contributed by atoms with Gasteiger partial charge in [-0.15, -0.1) is 0 Å². The van der Waals surface area contributed by atoms with Gasteiger partial charge in [-0.1, -0.05) is 35.8 Å². The van der Waals surface area contributed by atoms with Crippen molar-refractivity contribution in [2.45, 2.75) is 26.8 Å². The zero-order valence-electron chi connectivity index (χ0n) is 9.60. The second-order valence-electron chi connectivity index (χ2n) is 4.00. The van der Waals surface area contributed by atoms with Crippen LogP contribution in [0.5, 0.6) is 0 Å². The molecular formula is C12H19BrN2. The summed E-state index contributed by atoms with van der Waals surface area (Å²) in [6.07, 6.45) is 0. The van der Waals surface area contributed by atoms with E-state index >= 15 is 0 Å². The first kappa shape index (κ1) is 12.5. The maximum atomic E-state index is 3.52. The lowest BCUT2D eigenvalue weighted by molar-refractivity contribution is 0.602. The zero-order chi connectivity index (χ0) is 11.3. The Hall–Kier alpha value is -0.540. The molecule has 15 heavy (non-hydrogen) atoms. The first-order chi connectivity index (χ1) is 7.09. The van der Waals surface area contributed by atoms with Gasteiger partial charge in [0.15, 0.2) is 0 Å². The summed E-state index contributed by atoms with van der Waals surface area (Å²) in [6, 6.07) is 6.89. The van der Waals surface area contributed by atoms with Crippen molar-refractivity contribution in [1.29, 1.82) is 0 Å². The van der Waals surface area contributed by atoms with Crippen molar-refractivity contribution in [1.82, 2.24) is 5.32 Å². The van der Waals surface area contributed by atoms with Crippen molar-refractivity contribution in [3.05, 3.63) is 28.2 Å². The molecule has 0 atom stereocenters. The molecule has 0 spiro atoms. The predicted molar refractivity (Wildman–Crippen MR) is 70.5 cm³/mol. The first-order valence-electron chi connectivity index (χ1n) is 5.33. The minimum absolute atomic E-state index is 0.552. The molecule has 0 fully saturated rings. The van der Waals surface area contributed by atoms with E-state index in [0.717, 1.165) is 23.2 Å². The fourth-order valence-electron chi connectivity index (χ4n) is 1.27. The Labute approximate surface area is 101 Å². The van der Waals surface area contributed by atoms with E-state index in [-0.39, 0.29) is 0 Å². The third-order valence-corrected chi connectivity index (χ3v) is 3.03. The Morgan fingerprint density at radius 3 is 2.60 bits per heavy atom. The van der Waals surface area contributed by atoms with Crippen LogP contribution in [0.25, 0.3) is 0 Å². The molecule has 0 bridgehead atoms. The lowest BCUT2D eigenvalue weighted by Gasteiger charge is -2.10. The van der Waals surface area contributed by atoms with Crippen LogP contribution in [0.2, 0.25) is 0 Å². The van der Waals surface area contributed by atoms with Crippen LogP contribution in [-0.2, 0) is 0 Å². The molecule has 0 aromatic heterocycles. The summed E-state index contributed by atoms with van der Waals surface area (Å²) in [6.45, 7) is 8.34. The van der Waals surface area contributed by atoms with Crippen LogP contribution in [-0.4, -0.2) is 19.1 Å². The second kappa shape index (κ2) is 6.13. The summed E-state index contributed by atoms with van der Waals surface area (Å²) in [5, 5.41) is 6.74. The molecule has 0 saturated heterocycles. The van der Waals surface area contributed by atoms with Gasteiger partial charge in [0.1, 0.15) is 0 Å². The lowest BCUT2D eigenvalue weighted by Crippen LogP contribution is -2.28. The van der Waals surface area contributed by atoms with E-state index in [4.69, 9.17) is 0 Å². The van der Waals surface area contributed by atoms with Crippen molar-refractivity contribution >= 4 is 21.6 Å². The topological polar surface area (TPSA) is 24.1 Å². The quantitative estimate of drug-likeness (QED) is 0.804. The molecule has 3 heteroatoms. The molecule has 0 saturated carbocycles. The van der Waals surface area contributed by atoms with Gasteiger partial charge in [-0.2, -0.15) is 0 Å². The highest BCUT2D eigenvalue weighted by molar-refractivity contribution is 9.10. The molecule has 0 aliphatic rings. The number of hydrogen-bond donors (Lipinski definition) is 2. The average Bonchev–Trinajstić information content (AvgIpc) is 2.18. The average molecular weight is 271 g/mol. The van der Waals surface area contributed by atoms with Gasteiger partial charge in [0.25, 0.3) is 0 Å². The number of rotatable bonds is 5. The van der Waals surface area contributed by atoms with E-state index in [1.165, 1.54) is 5.56 Å². The molecule has 1 rings (SSSR count). The second-order valence-corrected chi connectivity index (χ2v) is 4.85. The van der Waals surface area contributed by atoms with E-state index in [1.807, 2.05) is 0 Å². The number of anilines is 1. The van der Waals surface area contributed by atoms with Crippen LogP contribution in [0.3, 0.4) is 0 Å². The standard InChI is InChI=1S/C12H19BrN2/c1-9(2)14-6-7-15-11-5-4-10(3)12(13)8-11/h4-5,8-9,14-15H,6-7H2,1-3H3. The first-order valence-corrected chi connectivity index (χ1v) is 6.12. The van der Waals surface area contributed by atoms with E-state index < -0.39 is 0 Å². The number of halogens is 1. The van der Waals surface area contributed by atoms with Crippen LogP contribution in [0.4, 0.5) is 5.69 Å². The minimum Gasteiger partial charge on any atom is -0.384 e. The van der Waals surface area contributed by atoms with E-state index in [1.54, 1.807) is 0 Å². The number of nitrogens with one attached hydrogen (secondary N) is 2. The van der Waals surface area contributed by atoms with Crippen molar-refractivity contribution in [2.24, 2.45) is 0 Å². The van der Waals surface area contributed by atoms with Crippen molar-refractivity contribution < 1.29 is 0 Å². The lowest BCUT2D eigenvalue weighted by atomic mass is 10.2. The molecule has 2 nitrogen and oxygen atoms in total. The Morgan fingerprint density at radius 2 is 2.00 bits per heavy atom. The minimum atomic E-state index is 0.552. The third kappa shape index (κ3) is 4.67. The highest BCUT2D eigenvalue weighted by Crippen LogP contribution is 2.20. The highest BCUT2D eigenvalue weighted by atomic mass is 79.9. The van der Waals surface area contributed by atoms with Gasteiger partial charge in [-0.05, 0) is 24.6 Å². The molecule has 0 unspecified atom stereocenters. The smallest absolute Gasteiger partial charge is 0.0352 e. The van der Waals surface area contributed by atoms with Gasteiger partial charge in [-0.25, -0.2) is 0 Å². The summed E-state index contributed by atoms with van der Waals surface area (Å²) in [7, 11) is 0. The molecule has 84 valence electrons. The van der Waals surface area contributed by atoms with Crippen molar-refractivity contribution in [3.8, 4) is 0 Å². The summed E-state index contributed by atoms with van der Waals surface area (Å²) in [4.78, 5) is 0. The largest absolute Gasteiger partial charge is 0.384 e. The molecule has 2 N–H and O–H groups in total. The zero-order valence-corrected chi connectivity index (χ0v) is 11.2. The molecular weight excluding hydrogens is 252 g/mol. The van der Waals surface area contributed by atoms with Crippen molar-refractivity contribution in [3.63, 3.8) is 0 Å². The Bertz CT molecular complexity index is 310. The Kier molecular flexibility index (Phi) is 5.12. The van der Waals surface area contributed by atoms with Crippen LogP contribution in [0.15, 0.2) is 22.7 Å². The Morgan fingerprint density at radius 1 is 1.27 bits per heavy atom. The monoisotopic (exact) mass is 270 g/mol. The molecule has 0 aliphatic carbocycles. The molecule has 0 aliphatic heterocycles. The summed E-state index contributed by atoms with van der Waals surface area (Å²) >= 11 is 3.52. The van der Waals surface area contributed by atoms with Gasteiger partial charge in [-0.3, -0.25) is 0 Å². The van der Waals surface area contributed by atoms with Gasteiger partial charge >= 0.3 is 0 Å². The van der Waals surface area contributed by atoms with Gasteiger partial charge in [0, 0.05) is 29.3 Å². The Balaban J connectivity index is 2.35. The highest BCUT2D eigenvalue weighted by Gasteiger charge is 1.97. The van der Waals surface area contributed by atoms with Crippen LogP contribution >= 0.6 is 15.9 Å². The van der Waals surface area contributed by atoms with E-state index in [9.17, 15) is 0 Å². The van der Waals surface area contributed by atoms with E-state index in [2.05, 4.69) is 65.5 Å². The van der Waals surface area contributed by atoms with Gasteiger partial charge in [0.2, 0.25) is 0 Å². The molecule has 0 amide bonds. The predicted octanol–water partition coefficient (Wildman–Crippen LogP) is 3.17. The van der Waals surface area contributed by atoms with Gasteiger partial charge < -0.3 is 10.6 Å². The third-order valence-electron chi connectivity index (χ3n) is 2.18. The fourth-order valence-corrected chi connectivity index (χ4v) is 1.65. The molecule has 0 heterocycles. The molecule has 0 radical (unpaired) electrons. The number of benzene rings is 1. The van der Waals surface area contributed by atoms with Gasteiger partial charge in [0.05, 0.1) is 0 Å². The normalized spacial score (nSPS) is 10.7. The summed E-state index contributed by atoms with van der Waals surface area (Å²) in [5.41, 5.74) is 2.43. The maximum Gasteiger partial charge on any atom is 0.0352 e. The fraction of sp³-hybridized carbons (Fsp3) is 0.500.